The van der Waals surface area contributed by atoms with Gasteiger partial charge in [0.2, 0.25) is 0 Å². The minimum Gasteiger partial charge on any atom is -0.465 e. The van der Waals surface area contributed by atoms with Gasteiger partial charge in [-0.2, -0.15) is 0 Å². The molecule has 118 valence electrons. The van der Waals surface area contributed by atoms with E-state index < -0.39 is 5.54 Å². The number of esters is 1. The van der Waals surface area contributed by atoms with E-state index in [0.29, 0.717) is 13.0 Å². The SMILES string of the molecule is CCOC(=O)C(C)(N)CCCCN(CC(C)C)C1CC1. The average molecular weight is 284 g/mol. The lowest BCUT2D eigenvalue weighted by Gasteiger charge is -2.25. The molecule has 0 aromatic rings. The van der Waals surface area contributed by atoms with E-state index in [1.165, 1.54) is 19.4 Å². The first-order valence-electron chi connectivity index (χ1n) is 8.07. The Morgan fingerprint density at radius 1 is 1.40 bits per heavy atom. The maximum atomic E-state index is 11.7. The minimum absolute atomic E-state index is 0.277. The van der Waals surface area contributed by atoms with Crippen molar-refractivity contribution in [2.75, 3.05) is 19.7 Å². The fourth-order valence-electron chi connectivity index (χ4n) is 2.54. The minimum atomic E-state index is -0.835. The van der Waals surface area contributed by atoms with Gasteiger partial charge in [0.05, 0.1) is 6.61 Å². The molecule has 4 nitrogen and oxygen atoms in total. The fraction of sp³-hybridized carbons (Fsp3) is 0.938. The summed E-state index contributed by atoms with van der Waals surface area (Å²) >= 11 is 0. The summed E-state index contributed by atoms with van der Waals surface area (Å²) < 4.78 is 5.01. The smallest absolute Gasteiger partial charge is 0.325 e. The largest absolute Gasteiger partial charge is 0.465 e. The second-order valence-electron chi connectivity index (χ2n) is 6.72. The van der Waals surface area contributed by atoms with Crippen LogP contribution in [0, 0.1) is 5.92 Å². The Morgan fingerprint density at radius 3 is 2.55 bits per heavy atom. The highest BCUT2D eigenvalue weighted by Crippen LogP contribution is 2.28. The van der Waals surface area contributed by atoms with Gasteiger partial charge in [-0.05, 0) is 58.4 Å². The van der Waals surface area contributed by atoms with E-state index in [0.717, 1.165) is 31.3 Å². The molecule has 0 amide bonds. The molecule has 4 heteroatoms. The van der Waals surface area contributed by atoms with Gasteiger partial charge < -0.3 is 15.4 Å². The molecule has 0 radical (unpaired) electrons. The Balaban J connectivity index is 2.23. The Kier molecular flexibility index (Phi) is 6.96. The number of carbonyl (C=O) groups excluding carboxylic acids is 1. The summed E-state index contributed by atoms with van der Waals surface area (Å²) in [7, 11) is 0. The van der Waals surface area contributed by atoms with Crippen LogP contribution >= 0.6 is 0 Å². The van der Waals surface area contributed by atoms with Crippen molar-refractivity contribution < 1.29 is 9.53 Å². The van der Waals surface area contributed by atoms with Crippen molar-refractivity contribution in [2.24, 2.45) is 11.7 Å². The zero-order chi connectivity index (χ0) is 15.2. The van der Waals surface area contributed by atoms with Crippen LogP contribution in [0.15, 0.2) is 0 Å². The lowest BCUT2D eigenvalue weighted by atomic mass is 9.96. The first-order chi connectivity index (χ1) is 9.36. The number of nitrogens with two attached hydrogens (primary N) is 1. The fourth-order valence-corrected chi connectivity index (χ4v) is 2.54. The number of hydrogen-bond donors (Lipinski definition) is 1. The van der Waals surface area contributed by atoms with Crippen molar-refractivity contribution in [1.29, 1.82) is 0 Å². The highest BCUT2D eigenvalue weighted by Gasteiger charge is 2.31. The van der Waals surface area contributed by atoms with E-state index in [-0.39, 0.29) is 5.97 Å². The monoisotopic (exact) mass is 284 g/mol. The van der Waals surface area contributed by atoms with Crippen molar-refractivity contribution >= 4 is 5.97 Å². The number of nitrogens with zero attached hydrogens (tertiary/aromatic N) is 1. The second kappa shape index (κ2) is 7.99. The van der Waals surface area contributed by atoms with Gasteiger partial charge in [-0.15, -0.1) is 0 Å². The van der Waals surface area contributed by atoms with Gasteiger partial charge >= 0.3 is 5.97 Å². The molecule has 0 aromatic carbocycles. The first kappa shape index (κ1) is 17.4. The molecule has 1 fully saturated rings. The summed E-state index contributed by atoms with van der Waals surface area (Å²) in [5.74, 6) is 0.441. The highest BCUT2D eigenvalue weighted by atomic mass is 16.5. The molecular formula is C16H32N2O2. The van der Waals surface area contributed by atoms with E-state index in [2.05, 4.69) is 18.7 Å². The van der Waals surface area contributed by atoms with Gasteiger partial charge in [0.15, 0.2) is 0 Å². The van der Waals surface area contributed by atoms with Crippen LogP contribution in [0.4, 0.5) is 0 Å². The third-order valence-corrected chi connectivity index (χ3v) is 3.80. The molecule has 20 heavy (non-hydrogen) atoms. The quantitative estimate of drug-likeness (QED) is 0.495. The lowest BCUT2D eigenvalue weighted by molar-refractivity contribution is -0.149. The van der Waals surface area contributed by atoms with Crippen molar-refractivity contribution in [1.82, 2.24) is 4.90 Å². The Morgan fingerprint density at radius 2 is 2.05 bits per heavy atom. The molecule has 1 rings (SSSR count). The van der Waals surface area contributed by atoms with Crippen molar-refractivity contribution in [2.45, 2.75) is 71.4 Å². The molecule has 0 aliphatic heterocycles. The molecule has 0 saturated heterocycles. The summed E-state index contributed by atoms with van der Waals surface area (Å²) in [4.78, 5) is 14.3. The summed E-state index contributed by atoms with van der Waals surface area (Å²) in [6.45, 7) is 10.8. The summed E-state index contributed by atoms with van der Waals surface area (Å²) in [6.07, 6.45) is 5.49. The van der Waals surface area contributed by atoms with Crippen molar-refractivity contribution in [3.8, 4) is 0 Å². The Hall–Kier alpha value is -0.610. The van der Waals surface area contributed by atoms with Gasteiger partial charge in [-0.3, -0.25) is 4.79 Å². The van der Waals surface area contributed by atoms with E-state index >= 15 is 0 Å². The highest BCUT2D eigenvalue weighted by molar-refractivity contribution is 5.79. The molecule has 0 aromatic heterocycles. The predicted octanol–water partition coefficient (Wildman–Crippen LogP) is 2.56. The van der Waals surface area contributed by atoms with Gasteiger partial charge in [0, 0.05) is 12.6 Å². The van der Waals surface area contributed by atoms with Crippen LogP contribution in [0.5, 0.6) is 0 Å². The van der Waals surface area contributed by atoms with Crippen LogP contribution in [0.25, 0.3) is 0 Å². The molecule has 0 bridgehead atoms. The standard InChI is InChI=1S/C16H32N2O2/c1-5-20-15(19)16(4,17)10-6-7-11-18(12-13(2)3)14-8-9-14/h13-14H,5-12,17H2,1-4H3. The summed E-state index contributed by atoms with van der Waals surface area (Å²) in [5, 5.41) is 0. The van der Waals surface area contributed by atoms with Gasteiger partial charge in [-0.1, -0.05) is 13.8 Å². The predicted molar refractivity (Wildman–Crippen MR) is 82.5 cm³/mol. The van der Waals surface area contributed by atoms with Crippen LogP contribution in [0.3, 0.4) is 0 Å². The number of ether oxygens (including phenoxy) is 1. The van der Waals surface area contributed by atoms with E-state index in [1.54, 1.807) is 6.92 Å². The number of hydrogen-bond acceptors (Lipinski definition) is 4. The van der Waals surface area contributed by atoms with Gasteiger partial charge in [0.25, 0.3) is 0 Å². The Bertz CT molecular complexity index is 299. The van der Waals surface area contributed by atoms with E-state index in [1.807, 2.05) is 6.92 Å². The lowest BCUT2D eigenvalue weighted by Crippen LogP contribution is -2.46. The van der Waals surface area contributed by atoms with Crippen LogP contribution in [0.2, 0.25) is 0 Å². The van der Waals surface area contributed by atoms with E-state index in [4.69, 9.17) is 10.5 Å². The maximum Gasteiger partial charge on any atom is 0.325 e. The van der Waals surface area contributed by atoms with Gasteiger partial charge in [-0.25, -0.2) is 0 Å². The zero-order valence-corrected chi connectivity index (χ0v) is 13.7. The molecule has 1 aliphatic carbocycles. The van der Waals surface area contributed by atoms with Gasteiger partial charge in [0.1, 0.15) is 5.54 Å². The van der Waals surface area contributed by atoms with Crippen LogP contribution < -0.4 is 5.73 Å². The molecule has 0 spiro atoms. The Labute approximate surface area is 124 Å². The summed E-state index contributed by atoms with van der Waals surface area (Å²) in [5.41, 5.74) is 5.19. The molecule has 0 heterocycles. The average Bonchev–Trinajstić information content (AvgIpc) is 3.17. The van der Waals surface area contributed by atoms with Crippen LogP contribution in [-0.2, 0) is 9.53 Å². The zero-order valence-electron chi connectivity index (χ0n) is 13.7. The molecular weight excluding hydrogens is 252 g/mol. The number of carbonyl (C=O) groups is 1. The second-order valence-corrected chi connectivity index (χ2v) is 6.72. The molecule has 2 N–H and O–H groups in total. The maximum absolute atomic E-state index is 11.7. The van der Waals surface area contributed by atoms with E-state index in [9.17, 15) is 4.79 Å². The third kappa shape index (κ3) is 6.23. The molecule has 1 aliphatic rings. The van der Waals surface area contributed by atoms with Crippen molar-refractivity contribution in [3.05, 3.63) is 0 Å². The van der Waals surface area contributed by atoms with Crippen molar-refractivity contribution in [3.63, 3.8) is 0 Å². The third-order valence-electron chi connectivity index (χ3n) is 3.80. The molecule has 1 atom stereocenters. The van der Waals surface area contributed by atoms with Crippen LogP contribution in [0.1, 0.15) is 59.8 Å². The number of unbranched alkanes of at least 4 members (excludes halogenated alkanes) is 1. The summed E-state index contributed by atoms with van der Waals surface area (Å²) in [6, 6.07) is 0.812. The molecule has 1 saturated carbocycles. The number of rotatable bonds is 10. The van der Waals surface area contributed by atoms with Crippen LogP contribution in [-0.4, -0.2) is 42.1 Å². The topological polar surface area (TPSA) is 55.6 Å². The molecule has 1 unspecified atom stereocenters. The normalized spacial score (nSPS) is 18.4. The first-order valence-corrected chi connectivity index (χ1v) is 8.07.